The summed E-state index contributed by atoms with van der Waals surface area (Å²) in [5.41, 5.74) is 6.77. The second-order valence-corrected chi connectivity index (χ2v) is 9.49. The van der Waals surface area contributed by atoms with Gasteiger partial charge in [0.05, 0.1) is 0 Å². The van der Waals surface area contributed by atoms with Gasteiger partial charge in [0.25, 0.3) is 0 Å². The molecule has 0 fully saturated rings. The molecule has 0 N–H and O–H groups in total. The van der Waals surface area contributed by atoms with E-state index >= 15 is 0 Å². The van der Waals surface area contributed by atoms with Crippen LogP contribution >= 0.6 is 31.9 Å². The Balaban J connectivity index is 1.73. The highest BCUT2D eigenvalue weighted by atomic mass is 79.9. The fourth-order valence-electron chi connectivity index (χ4n) is 3.74. The highest BCUT2D eigenvalue weighted by molar-refractivity contribution is 9.10. The van der Waals surface area contributed by atoms with Crippen molar-refractivity contribution >= 4 is 44.0 Å². The fraction of sp³-hybridized carbons (Fsp3) is 0.0667. The van der Waals surface area contributed by atoms with Gasteiger partial charge in [0, 0.05) is 21.8 Å². The Kier molecular flexibility index (Phi) is 7.64. The third-order valence-electron chi connectivity index (χ3n) is 5.54. The van der Waals surface area contributed by atoms with Crippen molar-refractivity contribution in [3.8, 4) is 11.5 Å². The molecule has 0 bridgehead atoms. The number of halogens is 2. The SMILES string of the molecule is C=Cc1ccc(Oc2ccc(C=C)cc2Cc2ccccc2Br)c(Cc2ccccc2Br)c1. The fourth-order valence-corrected chi connectivity index (χ4v) is 4.59. The molecule has 3 heteroatoms. The number of benzene rings is 4. The summed E-state index contributed by atoms with van der Waals surface area (Å²) in [5, 5.41) is 0. The summed E-state index contributed by atoms with van der Waals surface area (Å²) >= 11 is 7.35. The largest absolute Gasteiger partial charge is 0.457 e. The summed E-state index contributed by atoms with van der Waals surface area (Å²) < 4.78 is 8.74. The molecule has 4 rings (SSSR count). The Morgan fingerprint density at radius 1 is 0.576 bits per heavy atom. The molecule has 164 valence electrons. The molecule has 0 unspecified atom stereocenters. The van der Waals surface area contributed by atoms with Crippen LogP contribution in [-0.4, -0.2) is 0 Å². The van der Waals surface area contributed by atoms with Crippen LogP contribution in [0.1, 0.15) is 33.4 Å². The van der Waals surface area contributed by atoms with Gasteiger partial charge in [-0.25, -0.2) is 0 Å². The summed E-state index contributed by atoms with van der Waals surface area (Å²) in [4.78, 5) is 0. The van der Waals surface area contributed by atoms with Crippen molar-refractivity contribution in [1.82, 2.24) is 0 Å². The van der Waals surface area contributed by atoms with Crippen molar-refractivity contribution in [2.24, 2.45) is 0 Å². The monoisotopic (exact) mass is 558 g/mol. The lowest BCUT2D eigenvalue weighted by Crippen LogP contribution is -1.99. The lowest BCUT2D eigenvalue weighted by molar-refractivity contribution is 0.472. The van der Waals surface area contributed by atoms with Crippen molar-refractivity contribution in [2.45, 2.75) is 12.8 Å². The smallest absolute Gasteiger partial charge is 0.131 e. The van der Waals surface area contributed by atoms with E-state index in [4.69, 9.17) is 4.74 Å². The zero-order chi connectivity index (χ0) is 23.2. The quantitative estimate of drug-likeness (QED) is 0.209. The van der Waals surface area contributed by atoms with Gasteiger partial charge < -0.3 is 4.74 Å². The van der Waals surface area contributed by atoms with Crippen molar-refractivity contribution in [3.63, 3.8) is 0 Å². The van der Waals surface area contributed by atoms with Crippen LogP contribution in [0.2, 0.25) is 0 Å². The van der Waals surface area contributed by atoms with Crippen LogP contribution in [-0.2, 0) is 12.8 Å². The topological polar surface area (TPSA) is 9.23 Å². The maximum absolute atomic E-state index is 6.56. The van der Waals surface area contributed by atoms with E-state index in [0.717, 1.165) is 55.5 Å². The van der Waals surface area contributed by atoms with Crippen LogP contribution in [0.4, 0.5) is 0 Å². The predicted molar refractivity (Wildman–Crippen MR) is 147 cm³/mol. The molecule has 0 radical (unpaired) electrons. The van der Waals surface area contributed by atoms with Gasteiger partial charge in [-0.3, -0.25) is 0 Å². The van der Waals surface area contributed by atoms with E-state index in [-0.39, 0.29) is 0 Å². The van der Waals surface area contributed by atoms with Gasteiger partial charge in [0.15, 0.2) is 0 Å². The Labute approximate surface area is 212 Å². The van der Waals surface area contributed by atoms with E-state index in [0.29, 0.717) is 0 Å². The molecule has 0 saturated carbocycles. The molecule has 0 heterocycles. The molecule has 0 atom stereocenters. The maximum Gasteiger partial charge on any atom is 0.131 e. The van der Waals surface area contributed by atoms with Crippen molar-refractivity contribution < 1.29 is 4.74 Å². The minimum absolute atomic E-state index is 0.753. The van der Waals surface area contributed by atoms with Crippen LogP contribution in [0.25, 0.3) is 12.2 Å². The zero-order valence-electron chi connectivity index (χ0n) is 18.2. The lowest BCUT2D eigenvalue weighted by atomic mass is 10.0. The van der Waals surface area contributed by atoms with Gasteiger partial charge in [-0.2, -0.15) is 0 Å². The first-order chi connectivity index (χ1) is 16.1. The van der Waals surface area contributed by atoms with Gasteiger partial charge in [0.2, 0.25) is 0 Å². The van der Waals surface area contributed by atoms with E-state index in [1.165, 1.54) is 11.1 Å². The van der Waals surface area contributed by atoms with Crippen LogP contribution in [0.15, 0.2) is 107 Å². The van der Waals surface area contributed by atoms with Crippen molar-refractivity contribution in [1.29, 1.82) is 0 Å². The van der Waals surface area contributed by atoms with Gasteiger partial charge in [0.1, 0.15) is 11.5 Å². The molecule has 0 spiro atoms. The summed E-state index contributed by atoms with van der Waals surface area (Å²) in [6.45, 7) is 7.87. The Morgan fingerprint density at radius 2 is 1.00 bits per heavy atom. The average Bonchev–Trinajstić information content (AvgIpc) is 2.84. The highest BCUT2D eigenvalue weighted by Gasteiger charge is 2.13. The highest BCUT2D eigenvalue weighted by Crippen LogP contribution is 2.34. The second-order valence-electron chi connectivity index (χ2n) is 7.78. The predicted octanol–water partition coefficient (Wildman–Crippen LogP) is 9.47. The van der Waals surface area contributed by atoms with Crippen molar-refractivity contribution in [2.75, 3.05) is 0 Å². The first-order valence-corrected chi connectivity index (χ1v) is 12.3. The summed E-state index contributed by atoms with van der Waals surface area (Å²) in [7, 11) is 0. The molecular weight excluding hydrogens is 536 g/mol. The Hall–Kier alpha value is -2.88. The van der Waals surface area contributed by atoms with Crippen LogP contribution in [0.5, 0.6) is 11.5 Å². The number of rotatable bonds is 8. The first kappa shape index (κ1) is 23.3. The molecule has 0 aliphatic rings. The van der Waals surface area contributed by atoms with Crippen LogP contribution < -0.4 is 4.74 Å². The van der Waals surface area contributed by atoms with Gasteiger partial charge >= 0.3 is 0 Å². The second kappa shape index (κ2) is 10.8. The standard InChI is InChI=1S/C30H24Br2O/c1-3-21-13-15-29(25(17-21)19-23-9-5-7-11-27(23)31)33-30-16-14-22(4-2)18-26(30)20-24-10-6-8-12-28(24)32/h3-18H,1-2,19-20H2. The summed E-state index contributed by atoms with van der Waals surface area (Å²) in [6.07, 6.45) is 5.24. The molecule has 4 aromatic rings. The van der Waals surface area contributed by atoms with E-state index in [1.54, 1.807) is 0 Å². The summed E-state index contributed by atoms with van der Waals surface area (Å²) in [6, 6.07) is 29.0. The average molecular weight is 560 g/mol. The van der Waals surface area contributed by atoms with E-state index in [1.807, 2.05) is 48.6 Å². The molecule has 0 aliphatic carbocycles. The molecule has 0 saturated heterocycles. The third-order valence-corrected chi connectivity index (χ3v) is 7.09. The van der Waals surface area contributed by atoms with Gasteiger partial charge in [-0.05, 0) is 69.8 Å². The van der Waals surface area contributed by atoms with Crippen LogP contribution in [0.3, 0.4) is 0 Å². The van der Waals surface area contributed by atoms with Crippen molar-refractivity contribution in [3.05, 3.63) is 140 Å². The van der Waals surface area contributed by atoms with E-state index in [2.05, 4.69) is 93.5 Å². The molecule has 4 aromatic carbocycles. The number of hydrogen-bond donors (Lipinski definition) is 0. The van der Waals surface area contributed by atoms with E-state index in [9.17, 15) is 0 Å². The Morgan fingerprint density at radius 3 is 1.39 bits per heavy atom. The molecular formula is C30H24Br2O. The molecule has 33 heavy (non-hydrogen) atoms. The molecule has 0 aliphatic heterocycles. The molecule has 0 aromatic heterocycles. The minimum atomic E-state index is 0.753. The lowest BCUT2D eigenvalue weighted by Gasteiger charge is -2.17. The maximum atomic E-state index is 6.56. The summed E-state index contributed by atoms with van der Waals surface area (Å²) in [5.74, 6) is 1.69. The molecule has 0 amide bonds. The van der Waals surface area contributed by atoms with E-state index < -0.39 is 0 Å². The third kappa shape index (κ3) is 5.73. The Bertz CT molecular complexity index is 1210. The number of ether oxygens (including phenoxy) is 1. The van der Waals surface area contributed by atoms with Gasteiger partial charge in [-0.1, -0.05) is 106 Å². The molecule has 1 nitrogen and oxygen atoms in total. The minimum Gasteiger partial charge on any atom is -0.457 e. The zero-order valence-corrected chi connectivity index (χ0v) is 21.4. The van der Waals surface area contributed by atoms with Gasteiger partial charge in [-0.15, -0.1) is 0 Å². The van der Waals surface area contributed by atoms with Crippen LogP contribution in [0, 0.1) is 0 Å². The number of hydrogen-bond acceptors (Lipinski definition) is 1. The normalized spacial score (nSPS) is 10.6. The first-order valence-electron chi connectivity index (χ1n) is 10.7.